The Morgan fingerprint density at radius 3 is 2.63 bits per heavy atom. The van der Waals surface area contributed by atoms with Crippen LogP contribution in [0.25, 0.3) is 16.5 Å². The molecule has 0 bridgehead atoms. The van der Waals surface area contributed by atoms with Crippen molar-refractivity contribution in [3.05, 3.63) is 112 Å². The molecule has 4 rings (SSSR count). The van der Waals surface area contributed by atoms with Gasteiger partial charge in [-0.1, -0.05) is 86.0 Å². The number of halogens is 1. The van der Waals surface area contributed by atoms with Crippen LogP contribution in [-0.2, 0) is 6.42 Å². The maximum atomic E-state index is 13.5. The zero-order valence-electron chi connectivity index (χ0n) is 20.4. The number of hydrogen-bond donors (Lipinski definition) is 1. The molecule has 3 nitrogen and oxygen atoms in total. The number of amides is 1. The van der Waals surface area contributed by atoms with Gasteiger partial charge in [0.05, 0.1) is 11.2 Å². The summed E-state index contributed by atoms with van der Waals surface area (Å²) in [6, 6.07) is 23.8. The van der Waals surface area contributed by atoms with Gasteiger partial charge in [0.25, 0.3) is 5.91 Å². The van der Waals surface area contributed by atoms with Gasteiger partial charge in [0, 0.05) is 22.2 Å². The Morgan fingerprint density at radius 1 is 1.00 bits per heavy atom. The van der Waals surface area contributed by atoms with Crippen LogP contribution < -0.4 is 5.32 Å². The highest BCUT2D eigenvalue weighted by Crippen LogP contribution is 2.27. The number of allylic oxidation sites excluding steroid dienone is 2. The van der Waals surface area contributed by atoms with E-state index in [0.29, 0.717) is 6.42 Å². The number of fused-ring (bicyclic) bond motifs is 1. The highest BCUT2D eigenvalue weighted by atomic mass is 35.5. The summed E-state index contributed by atoms with van der Waals surface area (Å²) in [6.07, 6.45) is 9.16. The summed E-state index contributed by atoms with van der Waals surface area (Å²) in [5.74, 6) is -0.111. The van der Waals surface area contributed by atoms with Gasteiger partial charge in [0.15, 0.2) is 0 Å². The first-order chi connectivity index (χ1) is 17.1. The van der Waals surface area contributed by atoms with Crippen LogP contribution in [0.3, 0.4) is 0 Å². The predicted molar refractivity (Wildman–Crippen MR) is 148 cm³/mol. The lowest BCUT2D eigenvalue weighted by Crippen LogP contribution is -2.16. The molecule has 1 amide bonds. The molecular formula is C31H31ClN2O. The van der Waals surface area contributed by atoms with Crippen molar-refractivity contribution in [1.82, 2.24) is 4.98 Å². The first-order valence-corrected chi connectivity index (χ1v) is 12.6. The van der Waals surface area contributed by atoms with Gasteiger partial charge in [0.1, 0.15) is 0 Å². The Morgan fingerprint density at radius 2 is 1.80 bits per heavy atom. The smallest absolute Gasteiger partial charge is 0.256 e. The number of unbranched alkanes of at least 4 members (excludes halogenated alkanes) is 2. The van der Waals surface area contributed by atoms with Gasteiger partial charge in [-0.25, -0.2) is 0 Å². The summed E-state index contributed by atoms with van der Waals surface area (Å²) >= 11 is 6.29. The lowest BCUT2D eigenvalue weighted by molar-refractivity contribution is 0.102. The predicted octanol–water partition coefficient (Wildman–Crippen LogP) is 8.66. The molecule has 0 aliphatic carbocycles. The van der Waals surface area contributed by atoms with Gasteiger partial charge in [-0.2, -0.15) is 0 Å². The highest BCUT2D eigenvalue weighted by molar-refractivity contribution is 6.30. The van der Waals surface area contributed by atoms with Crippen molar-refractivity contribution in [1.29, 1.82) is 0 Å². The molecule has 0 saturated carbocycles. The first kappa shape index (κ1) is 24.7. The fourth-order valence-corrected chi connectivity index (χ4v) is 4.65. The third kappa shape index (κ3) is 6.17. The summed E-state index contributed by atoms with van der Waals surface area (Å²) in [5, 5.41) is 4.85. The molecule has 0 radical (unpaired) electrons. The Kier molecular flexibility index (Phi) is 8.33. The number of nitrogens with one attached hydrogen (secondary N) is 1. The number of carbonyl (C=O) groups is 1. The monoisotopic (exact) mass is 482 g/mol. The number of carbonyl (C=O) groups excluding carboxylic acids is 1. The molecule has 0 atom stereocenters. The SMILES string of the molecule is CCCCCC(=CCc1cccc(C)c1C(=O)Nc1cccc2cccnc12)c1cccc(Cl)c1. The molecule has 0 saturated heterocycles. The van der Waals surface area contributed by atoms with Crippen molar-refractivity contribution in [2.75, 3.05) is 5.32 Å². The Balaban J connectivity index is 1.63. The molecular weight excluding hydrogens is 452 g/mol. The van der Waals surface area contributed by atoms with E-state index >= 15 is 0 Å². The number of aromatic nitrogens is 1. The summed E-state index contributed by atoms with van der Waals surface area (Å²) in [6.45, 7) is 4.20. The third-order valence-corrected chi connectivity index (χ3v) is 6.52. The molecule has 1 heterocycles. The summed E-state index contributed by atoms with van der Waals surface area (Å²) in [5.41, 5.74) is 6.61. The lowest BCUT2D eigenvalue weighted by Gasteiger charge is -2.14. The van der Waals surface area contributed by atoms with Crippen LogP contribution in [0.2, 0.25) is 5.02 Å². The molecule has 4 heteroatoms. The van der Waals surface area contributed by atoms with Crippen LogP contribution >= 0.6 is 11.6 Å². The van der Waals surface area contributed by atoms with E-state index in [2.05, 4.69) is 29.4 Å². The molecule has 1 N–H and O–H groups in total. The fourth-order valence-electron chi connectivity index (χ4n) is 4.46. The highest BCUT2D eigenvalue weighted by Gasteiger charge is 2.16. The van der Waals surface area contributed by atoms with Gasteiger partial charge in [0.2, 0.25) is 0 Å². The van der Waals surface area contributed by atoms with E-state index < -0.39 is 0 Å². The molecule has 0 aliphatic rings. The molecule has 3 aromatic carbocycles. The van der Waals surface area contributed by atoms with E-state index in [0.717, 1.165) is 56.7 Å². The van der Waals surface area contributed by atoms with Crippen molar-refractivity contribution in [2.24, 2.45) is 0 Å². The second-order valence-corrected chi connectivity index (χ2v) is 9.28. The summed E-state index contributed by atoms with van der Waals surface area (Å²) in [7, 11) is 0. The normalized spacial score (nSPS) is 11.6. The minimum absolute atomic E-state index is 0.111. The fraction of sp³-hybridized carbons (Fsp3) is 0.226. The third-order valence-electron chi connectivity index (χ3n) is 6.28. The van der Waals surface area contributed by atoms with Crippen LogP contribution in [0, 0.1) is 6.92 Å². The molecule has 178 valence electrons. The van der Waals surface area contributed by atoms with Crippen LogP contribution in [0.5, 0.6) is 0 Å². The average molecular weight is 483 g/mol. The zero-order valence-corrected chi connectivity index (χ0v) is 21.1. The van der Waals surface area contributed by atoms with E-state index in [-0.39, 0.29) is 5.91 Å². The number of benzene rings is 3. The average Bonchev–Trinajstić information content (AvgIpc) is 2.86. The maximum absolute atomic E-state index is 13.5. The largest absolute Gasteiger partial charge is 0.320 e. The van der Waals surface area contributed by atoms with Gasteiger partial charge < -0.3 is 5.32 Å². The number of hydrogen-bond acceptors (Lipinski definition) is 2. The number of para-hydroxylation sites is 1. The van der Waals surface area contributed by atoms with Crippen LogP contribution in [-0.4, -0.2) is 10.9 Å². The van der Waals surface area contributed by atoms with Crippen molar-refractivity contribution < 1.29 is 4.79 Å². The molecule has 0 fully saturated rings. The number of anilines is 1. The second kappa shape index (κ2) is 11.8. The van der Waals surface area contributed by atoms with Crippen molar-refractivity contribution in [2.45, 2.75) is 46.0 Å². The van der Waals surface area contributed by atoms with Gasteiger partial charge >= 0.3 is 0 Å². The topological polar surface area (TPSA) is 42.0 Å². The van der Waals surface area contributed by atoms with Gasteiger partial charge in [-0.05, 0) is 72.7 Å². The van der Waals surface area contributed by atoms with Crippen LogP contribution in [0.4, 0.5) is 5.69 Å². The maximum Gasteiger partial charge on any atom is 0.256 e. The number of rotatable bonds is 9. The standard InChI is InChI=1S/C31H31ClN2O/c1-3-4-5-11-23(26-14-7-16-27(32)21-26)18-19-24-12-6-10-22(2)29(24)31(35)34-28-17-8-13-25-15-9-20-33-30(25)28/h6-10,12-18,20-21H,3-5,11,19H2,1-2H3,(H,34,35). The second-order valence-electron chi connectivity index (χ2n) is 8.84. The number of aryl methyl sites for hydroxylation is 1. The molecule has 35 heavy (non-hydrogen) atoms. The van der Waals surface area contributed by atoms with Gasteiger partial charge in [-0.15, -0.1) is 0 Å². The number of pyridine rings is 1. The summed E-state index contributed by atoms with van der Waals surface area (Å²) < 4.78 is 0. The summed E-state index contributed by atoms with van der Waals surface area (Å²) in [4.78, 5) is 18.0. The van der Waals surface area contributed by atoms with E-state index in [9.17, 15) is 4.79 Å². The minimum atomic E-state index is -0.111. The zero-order chi connectivity index (χ0) is 24.6. The van der Waals surface area contributed by atoms with Crippen LogP contribution in [0.15, 0.2) is 85.1 Å². The lowest BCUT2D eigenvalue weighted by atomic mass is 9.94. The van der Waals surface area contributed by atoms with Crippen molar-refractivity contribution in [3.8, 4) is 0 Å². The van der Waals surface area contributed by atoms with Crippen LogP contribution in [0.1, 0.15) is 59.7 Å². The molecule has 0 spiro atoms. The van der Waals surface area contributed by atoms with Crippen molar-refractivity contribution in [3.63, 3.8) is 0 Å². The molecule has 4 aromatic rings. The van der Waals surface area contributed by atoms with E-state index in [1.54, 1.807) is 6.20 Å². The van der Waals surface area contributed by atoms with Gasteiger partial charge in [-0.3, -0.25) is 9.78 Å². The van der Waals surface area contributed by atoms with E-state index in [4.69, 9.17) is 11.6 Å². The van der Waals surface area contributed by atoms with E-state index in [1.165, 1.54) is 18.4 Å². The number of nitrogens with zero attached hydrogens (tertiary/aromatic N) is 1. The quantitative estimate of drug-likeness (QED) is 0.242. The Hall–Kier alpha value is -3.43. The van der Waals surface area contributed by atoms with E-state index in [1.807, 2.05) is 73.7 Å². The molecule has 1 aromatic heterocycles. The Labute approximate surface area is 212 Å². The molecule has 0 unspecified atom stereocenters. The Bertz CT molecular complexity index is 1350. The minimum Gasteiger partial charge on any atom is -0.320 e. The first-order valence-electron chi connectivity index (χ1n) is 12.3. The van der Waals surface area contributed by atoms with Crippen molar-refractivity contribution >= 4 is 39.7 Å². The molecule has 0 aliphatic heterocycles.